The molecule has 1 N–H and O–H groups in total. The molecule has 166 valence electrons. The lowest BCUT2D eigenvalue weighted by Crippen LogP contribution is -2.55. The van der Waals surface area contributed by atoms with Gasteiger partial charge in [0.15, 0.2) is 5.78 Å². The molecule has 2 amide bonds. The van der Waals surface area contributed by atoms with Crippen LogP contribution in [-0.4, -0.2) is 86.7 Å². The molecule has 0 bridgehead atoms. The zero-order valence-corrected chi connectivity index (χ0v) is 18.6. The summed E-state index contributed by atoms with van der Waals surface area (Å²) in [5.41, 5.74) is 1.83. The van der Waals surface area contributed by atoms with Gasteiger partial charge in [0.05, 0.1) is 13.2 Å². The monoisotopic (exact) mass is 416 g/mol. The second-order valence-corrected chi connectivity index (χ2v) is 8.69. The fourth-order valence-corrected chi connectivity index (χ4v) is 4.24. The third-order valence-electron chi connectivity index (χ3n) is 6.00. The number of hydrogen-bond donors (Lipinski definition) is 1. The van der Waals surface area contributed by atoms with E-state index in [0.29, 0.717) is 31.6 Å². The molecule has 0 aliphatic carbocycles. The number of hydrogen-bond acceptors (Lipinski definition) is 5. The van der Waals surface area contributed by atoms with Gasteiger partial charge in [-0.05, 0) is 43.5 Å². The van der Waals surface area contributed by atoms with Crippen LogP contribution in [0.3, 0.4) is 0 Å². The Morgan fingerprint density at radius 1 is 1.00 bits per heavy atom. The van der Waals surface area contributed by atoms with Crippen LogP contribution in [-0.2, 0) is 4.74 Å². The van der Waals surface area contributed by atoms with Crippen molar-refractivity contribution in [3.05, 3.63) is 29.8 Å². The minimum absolute atomic E-state index is 0.0311. The Morgan fingerprint density at radius 3 is 2.20 bits per heavy atom. The molecule has 0 aromatic heterocycles. The number of carbonyl (C=O) groups is 2. The van der Waals surface area contributed by atoms with E-state index in [0.717, 1.165) is 57.1 Å². The van der Waals surface area contributed by atoms with E-state index in [4.69, 9.17) is 4.74 Å². The van der Waals surface area contributed by atoms with E-state index in [2.05, 4.69) is 29.0 Å². The number of amides is 2. The van der Waals surface area contributed by atoms with E-state index in [1.807, 2.05) is 29.2 Å². The summed E-state index contributed by atoms with van der Waals surface area (Å²) in [6, 6.07) is 8.12. The molecule has 2 fully saturated rings. The van der Waals surface area contributed by atoms with Crippen LogP contribution in [0.25, 0.3) is 0 Å². The first-order valence-electron chi connectivity index (χ1n) is 11.1. The Kier molecular flexibility index (Phi) is 8.10. The van der Waals surface area contributed by atoms with E-state index < -0.39 is 0 Å². The molecule has 3 rings (SSSR count). The number of nitrogens with zero attached hydrogens (tertiary/aromatic N) is 3. The summed E-state index contributed by atoms with van der Waals surface area (Å²) in [6.45, 7) is 13.2. The summed E-state index contributed by atoms with van der Waals surface area (Å²) >= 11 is 0. The average molecular weight is 417 g/mol. The topological polar surface area (TPSA) is 65.1 Å². The van der Waals surface area contributed by atoms with Gasteiger partial charge in [0.2, 0.25) is 0 Å². The van der Waals surface area contributed by atoms with Gasteiger partial charge in [-0.1, -0.05) is 13.8 Å². The summed E-state index contributed by atoms with van der Waals surface area (Å²) in [4.78, 5) is 30.8. The molecule has 0 spiro atoms. The van der Waals surface area contributed by atoms with Crippen LogP contribution in [0, 0.1) is 5.92 Å². The third kappa shape index (κ3) is 6.19. The van der Waals surface area contributed by atoms with E-state index >= 15 is 0 Å². The Bertz CT molecular complexity index is 693. The molecule has 2 aliphatic heterocycles. The number of ether oxygens (including phenoxy) is 1. The number of Topliss-reactive ketones (excluding diaryl/α,β-unsaturated/α-hetero) is 1. The molecule has 2 aliphatic rings. The zero-order chi connectivity index (χ0) is 21.5. The van der Waals surface area contributed by atoms with Crippen molar-refractivity contribution in [3.8, 4) is 0 Å². The third-order valence-corrected chi connectivity index (χ3v) is 6.00. The van der Waals surface area contributed by atoms with E-state index in [9.17, 15) is 9.59 Å². The summed E-state index contributed by atoms with van der Waals surface area (Å²) in [5.74, 6) is 0.670. The van der Waals surface area contributed by atoms with E-state index in [1.165, 1.54) is 0 Å². The summed E-state index contributed by atoms with van der Waals surface area (Å²) in [7, 11) is 0. The lowest BCUT2D eigenvalue weighted by molar-refractivity contribution is 0.0127. The highest BCUT2D eigenvalue weighted by molar-refractivity contribution is 5.94. The van der Waals surface area contributed by atoms with E-state index in [-0.39, 0.29) is 11.8 Å². The van der Waals surface area contributed by atoms with Gasteiger partial charge in [-0.3, -0.25) is 9.69 Å². The number of piperazine rings is 1. The predicted octanol–water partition coefficient (Wildman–Crippen LogP) is 2.47. The minimum atomic E-state index is 0.0311. The van der Waals surface area contributed by atoms with Gasteiger partial charge in [0.25, 0.3) is 0 Å². The Balaban J connectivity index is 1.47. The average Bonchev–Trinajstić information content (AvgIpc) is 2.77. The van der Waals surface area contributed by atoms with Crippen molar-refractivity contribution in [2.45, 2.75) is 33.2 Å². The number of carbonyl (C=O) groups excluding carboxylic acids is 2. The van der Waals surface area contributed by atoms with Gasteiger partial charge in [-0.2, -0.15) is 0 Å². The summed E-state index contributed by atoms with van der Waals surface area (Å²) < 4.78 is 5.48. The van der Waals surface area contributed by atoms with Crippen molar-refractivity contribution in [3.63, 3.8) is 0 Å². The van der Waals surface area contributed by atoms with Gasteiger partial charge in [-0.15, -0.1) is 0 Å². The van der Waals surface area contributed by atoms with Crippen molar-refractivity contribution in [2.75, 3.05) is 63.9 Å². The van der Waals surface area contributed by atoms with Gasteiger partial charge < -0.3 is 19.9 Å². The highest BCUT2D eigenvalue weighted by atomic mass is 16.5. The molecule has 7 heteroatoms. The second-order valence-electron chi connectivity index (χ2n) is 8.69. The second kappa shape index (κ2) is 10.8. The van der Waals surface area contributed by atoms with Crippen molar-refractivity contribution >= 4 is 17.5 Å². The summed E-state index contributed by atoms with van der Waals surface area (Å²) in [5, 5.41) is 3.18. The van der Waals surface area contributed by atoms with Crippen LogP contribution in [0.15, 0.2) is 24.3 Å². The normalized spacial score (nSPS) is 19.1. The fraction of sp³-hybridized carbons (Fsp3) is 0.652. The summed E-state index contributed by atoms with van der Waals surface area (Å²) in [6.07, 6.45) is 1.07. The van der Waals surface area contributed by atoms with Gasteiger partial charge in [0, 0.05) is 63.1 Å². The number of benzene rings is 1. The Labute approximate surface area is 180 Å². The highest BCUT2D eigenvalue weighted by Crippen LogP contribution is 2.18. The van der Waals surface area contributed by atoms with Crippen molar-refractivity contribution in [1.29, 1.82) is 0 Å². The standard InChI is InChI=1S/C23H36N4O3/c1-18(2)16-22(26-12-14-30-15-13-26)17-24-23(29)27-10-8-25(9-11-27)21-6-4-20(5-7-21)19(3)28/h4-7,18,22H,8-17H2,1-3H3,(H,24,29). The number of morpholine rings is 1. The van der Waals surface area contributed by atoms with Crippen LogP contribution >= 0.6 is 0 Å². The smallest absolute Gasteiger partial charge is 0.317 e. The molecular formula is C23H36N4O3. The van der Waals surface area contributed by atoms with Gasteiger partial charge >= 0.3 is 6.03 Å². The molecule has 0 radical (unpaired) electrons. The molecule has 2 heterocycles. The maximum Gasteiger partial charge on any atom is 0.317 e. The minimum Gasteiger partial charge on any atom is -0.379 e. The zero-order valence-electron chi connectivity index (χ0n) is 18.6. The van der Waals surface area contributed by atoms with Crippen LogP contribution in [0.4, 0.5) is 10.5 Å². The molecular weight excluding hydrogens is 380 g/mol. The molecule has 1 unspecified atom stereocenters. The predicted molar refractivity (Wildman–Crippen MR) is 119 cm³/mol. The van der Waals surface area contributed by atoms with E-state index in [1.54, 1.807) is 6.92 Å². The van der Waals surface area contributed by atoms with Gasteiger partial charge in [0.1, 0.15) is 0 Å². The van der Waals surface area contributed by atoms with Crippen molar-refractivity contribution < 1.29 is 14.3 Å². The van der Waals surface area contributed by atoms with Crippen LogP contribution in [0.1, 0.15) is 37.6 Å². The Morgan fingerprint density at radius 2 is 1.63 bits per heavy atom. The number of ketones is 1. The first-order chi connectivity index (χ1) is 14.4. The van der Waals surface area contributed by atoms with Crippen LogP contribution in [0.2, 0.25) is 0 Å². The molecule has 1 atom stereocenters. The first kappa shape index (κ1) is 22.6. The lowest BCUT2D eigenvalue weighted by atomic mass is 10.0. The molecule has 30 heavy (non-hydrogen) atoms. The van der Waals surface area contributed by atoms with Crippen molar-refractivity contribution in [1.82, 2.24) is 15.1 Å². The quantitative estimate of drug-likeness (QED) is 0.692. The van der Waals surface area contributed by atoms with Crippen molar-refractivity contribution in [2.24, 2.45) is 5.92 Å². The van der Waals surface area contributed by atoms with Crippen LogP contribution in [0.5, 0.6) is 0 Å². The Hall–Kier alpha value is -2.12. The first-order valence-corrected chi connectivity index (χ1v) is 11.1. The SMILES string of the molecule is CC(=O)c1ccc(N2CCN(C(=O)NCC(CC(C)C)N3CCOCC3)CC2)cc1. The number of urea groups is 1. The highest BCUT2D eigenvalue weighted by Gasteiger charge is 2.25. The lowest BCUT2D eigenvalue weighted by Gasteiger charge is -2.38. The number of anilines is 1. The molecule has 2 saturated heterocycles. The maximum atomic E-state index is 12.7. The maximum absolute atomic E-state index is 12.7. The molecule has 7 nitrogen and oxygen atoms in total. The molecule has 1 aromatic carbocycles. The van der Waals surface area contributed by atoms with Crippen LogP contribution < -0.4 is 10.2 Å². The number of rotatable bonds is 7. The number of nitrogens with one attached hydrogen (secondary N) is 1. The molecule has 1 aromatic rings. The molecule has 0 saturated carbocycles. The van der Waals surface area contributed by atoms with Gasteiger partial charge in [-0.25, -0.2) is 4.79 Å². The fourth-order valence-electron chi connectivity index (χ4n) is 4.24. The largest absolute Gasteiger partial charge is 0.379 e.